The molecule has 0 atom stereocenters. The molecule has 0 saturated carbocycles. The van der Waals surface area contributed by atoms with Crippen LogP contribution in [0.4, 0.5) is 0 Å². The minimum Gasteiger partial charge on any atom is -0.494 e. The molecule has 0 radical (unpaired) electrons. The van der Waals surface area contributed by atoms with Gasteiger partial charge in [0.1, 0.15) is 5.75 Å². The highest BCUT2D eigenvalue weighted by molar-refractivity contribution is 5.27. The van der Waals surface area contributed by atoms with Gasteiger partial charge in [-0.3, -0.25) is 0 Å². The van der Waals surface area contributed by atoms with Crippen molar-refractivity contribution in [2.45, 2.75) is 52.0 Å². The third kappa shape index (κ3) is 5.38. The molecular formula is C18H27NO. The normalized spacial score (nSPS) is 14.9. The van der Waals surface area contributed by atoms with Crippen LogP contribution in [0.5, 0.6) is 5.75 Å². The summed E-state index contributed by atoms with van der Waals surface area (Å²) in [5.74, 6) is 0.975. The molecule has 1 aliphatic carbocycles. The molecular weight excluding hydrogens is 246 g/mol. The van der Waals surface area contributed by atoms with Gasteiger partial charge in [-0.15, -0.1) is 0 Å². The highest BCUT2D eigenvalue weighted by Gasteiger charge is 2.03. The van der Waals surface area contributed by atoms with Crippen LogP contribution in [0.15, 0.2) is 35.9 Å². The maximum absolute atomic E-state index is 5.59. The van der Waals surface area contributed by atoms with Gasteiger partial charge in [0, 0.05) is 6.54 Å². The van der Waals surface area contributed by atoms with Crippen LogP contribution in [0, 0.1) is 0 Å². The van der Waals surface area contributed by atoms with E-state index < -0.39 is 0 Å². The lowest BCUT2D eigenvalue weighted by molar-refractivity contribution is 0.317. The van der Waals surface area contributed by atoms with E-state index in [2.05, 4.69) is 42.6 Å². The Morgan fingerprint density at radius 2 is 2.00 bits per heavy atom. The zero-order valence-corrected chi connectivity index (χ0v) is 12.7. The number of hydrogen-bond donors (Lipinski definition) is 1. The molecule has 1 N–H and O–H groups in total. The van der Waals surface area contributed by atoms with Crippen molar-refractivity contribution in [2.24, 2.45) is 0 Å². The molecule has 0 amide bonds. The SMILES string of the molecule is CCCOc1ccc(CNCCC2=CCCCC2)cc1. The van der Waals surface area contributed by atoms with E-state index in [1.54, 1.807) is 5.57 Å². The minimum absolute atomic E-state index is 0.798. The van der Waals surface area contributed by atoms with Crippen molar-refractivity contribution in [1.29, 1.82) is 0 Å². The Morgan fingerprint density at radius 3 is 2.70 bits per heavy atom. The Labute approximate surface area is 123 Å². The number of allylic oxidation sites excluding steroid dienone is 1. The first-order valence-electron chi connectivity index (χ1n) is 7.99. The second kappa shape index (κ2) is 8.80. The van der Waals surface area contributed by atoms with Gasteiger partial charge in [0.05, 0.1) is 6.61 Å². The fourth-order valence-electron chi connectivity index (χ4n) is 2.54. The van der Waals surface area contributed by atoms with Gasteiger partial charge in [-0.2, -0.15) is 0 Å². The molecule has 0 aliphatic heterocycles. The zero-order valence-electron chi connectivity index (χ0n) is 12.7. The summed E-state index contributed by atoms with van der Waals surface area (Å²) in [6.45, 7) is 4.95. The monoisotopic (exact) mass is 273 g/mol. The predicted molar refractivity (Wildman–Crippen MR) is 85.1 cm³/mol. The van der Waals surface area contributed by atoms with Crippen LogP contribution in [0.25, 0.3) is 0 Å². The Hall–Kier alpha value is -1.28. The number of nitrogens with one attached hydrogen (secondary N) is 1. The lowest BCUT2D eigenvalue weighted by atomic mass is 9.97. The molecule has 0 spiro atoms. The van der Waals surface area contributed by atoms with Gasteiger partial charge in [-0.05, 0) is 62.8 Å². The Morgan fingerprint density at radius 1 is 1.15 bits per heavy atom. The van der Waals surface area contributed by atoms with E-state index in [1.165, 1.54) is 37.7 Å². The summed E-state index contributed by atoms with van der Waals surface area (Å²) in [6.07, 6.45) is 10.1. The molecule has 110 valence electrons. The molecule has 2 rings (SSSR count). The predicted octanol–water partition coefficient (Wildman–Crippen LogP) is 4.46. The van der Waals surface area contributed by atoms with Crippen LogP contribution >= 0.6 is 0 Å². The van der Waals surface area contributed by atoms with E-state index in [-0.39, 0.29) is 0 Å². The summed E-state index contributed by atoms with van der Waals surface area (Å²) in [4.78, 5) is 0. The summed E-state index contributed by atoms with van der Waals surface area (Å²) < 4.78 is 5.59. The van der Waals surface area contributed by atoms with Crippen LogP contribution in [0.3, 0.4) is 0 Å². The van der Waals surface area contributed by atoms with Gasteiger partial charge in [-0.25, -0.2) is 0 Å². The van der Waals surface area contributed by atoms with Gasteiger partial charge in [0.2, 0.25) is 0 Å². The maximum atomic E-state index is 5.59. The van der Waals surface area contributed by atoms with Gasteiger partial charge in [0.25, 0.3) is 0 Å². The fourth-order valence-corrected chi connectivity index (χ4v) is 2.54. The molecule has 0 unspecified atom stereocenters. The summed E-state index contributed by atoms with van der Waals surface area (Å²) in [7, 11) is 0. The molecule has 0 fully saturated rings. The topological polar surface area (TPSA) is 21.3 Å². The Balaban J connectivity index is 1.64. The average Bonchev–Trinajstić information content (AvgIpc) is 2.52. The molecule has 1 aromatic carbocycles. The highest BCUT2D eigenvalue weighted by atomic mass is 16.5. The van der Waals surface area contributed by atoms with E-state index in [4.69, 9.17) is 4.74 Å². The van der Waals surface area contributed by atoms with E-state index in [0.29, 0.717) is 0 Å². The number of benzene rings is 1. The van der Waals surface area contributed by atoms with E-state index in [0.717, 1.165) is 31.9 Å². The first-order valence-corrected chi connectivity index (χ1v) is 7.99. The minimum atomic E-state index is 0.798. The maximum Gasteiger partial charge on any atom is 0.119 e. The molecule has 0 aromatic heterocycles. The van der Waals surface area contributed by atoms with Crippen molar-refractivity contribution < 1.29 is 4.74 Å². The van der Waals surface area contributed by atoms with Crippen molar-refractivity contribution in [3.8, 4) is 5.75 Å². The Bertz CT molecular complexity index is 408. The average molecular weight is 273 g/mol. The summed E-state index contributed by atoms with van der Waals surface area (Å²) in [5, 5.41) is 3.53. The number of rotatable bonds is 8. The lowest BCUT2D eigenvalue weighted by Gasteiger charge is -2.13. The summed E-state index contributed by atoms with van der Waals surface area (Å²) in [6, 6.07) is 8.43. The van der Waals surface area contributed by atoms with Crippen LogP contribution in [-0.2, 0) is 6.54 Å². The second-order valence-corrected chi connectivity index (χ2v) is 5.53. The van der Waals surface area contributed by atoms with Crippen molar-refractivity contribution in [3.05, 3.63) is 41.5 Å². The largest absolute Gasteiger partial charge is 0.494 e. The molecule has 2 heteroatoms. The Kier molecular flexibility index (Phi) is 6.65. The number of hydrogen-bond acceptors (Lipinski definition) is 2. The first-order chi connectivity index (χ1) is 9.88. The summed E-state index contributed by atoms with van der Waals surface area (Å²) >= 11 is 0. The second-order valence-electron chi connectivity index (χ2n) is 5.53. The van der Waals surface area contributed by atoms with Crippen molar-refractivity contribution in [2.75, 3.05) is 13.2 Å². The third-order valence-electron chi connectivity index (χ3n) is 3.73. The van der Waals surface area contributed by atoms with Crippen molar-refractivity contribution >= 4 is 0 Å². The van der Waals surface area contributed by atoms with Crippen molar-refractivity contribution in [3.63, 3.8) is 0 Å². The molecule has 0 saturated heterocycles. The highest BCUT2D eigenvalue weighted by Crippen LogP contribution is 2.19. The van der Waals surface area contributed by atoms with Gasteiger partial charge >= 0.3 is 0 Å². The molecule has 1 aliphatic rings. The smallest absolute Gasteiger partial charge is 0.119 e. The van der Waals surface area contributed by atoms with Crippen LogP contribution in [0.1, 0.15) is 51.0 Å². The summed E-state index contributed by atoms with van der Waals surface area (Å²) in [5.41, 5.74) is 2.97. The van der Waals surface area contributed by atoms with Gasteiger partial charge < -0.3 is 10.1 Å². The van der Waals surface area contributed by atoms with E-state index in [1.807, 2.05) is 0 Å². The fraction of sp³-hybridized carbons (Fsp3) is 0.556. The molecule has 0 heterocycles. The van der Waals surface area contributed by atoms with E-state index >= 15 is 0 Å². The molecule has 1 aromatic rings. The van der Waals surface area contributed by atoms with Gasteiger partial charge in [-0.1, -0.05) is 30.7 Å². The first kappa shape index (κ1) is 15.1. The van der Waals surface area contributed by atoms with Crippen molar-refractivity contribution in [1.82, 2.24) is 5.32 Å². The third-order valence-corrected chi connectivity index (χ3v) is 3.73. The van der Waals surface area contributed by atoms with Crippen LogP contribution < -0.4 is 10.1 Å². The molecule has 2 nitrogen and oxygen atoms in total. The molecule has 20 heavy (non-hydrogen) atoms. The van der Waals surface area contributed by atoms with Crippen LogP contribution in [-0.4, -0.2) is 13.2 Å². The van der Waals surface area contributed by atoms with Gasteiger partial charge in [0.15, 0.2) is 0 Å². The quantitative estimate of drug-likeness (QED) is 0.558. The van der Waals surface area contributed by atoms with E-state index in [9.17, 15) is 0 Å². The van der Waals surface area contributed by atoms with Crippen LogP contribution in [0.2, 0.25) is 0 Å². The molecule has 0 bridgehead atoms. The zero-order chi connectivity index (χ0) is 14.0. The lowest BCUT2D eigenvalue weighted by Crippen LogP contribution is -2.15. The number of ether oxygens (including phenoxy) is 1. The standard InChI is InChI=1S/C18H27NO/c1-2-14-20-18-10-8-17(9-11-18)15-19-13-12-16-6-4-3-5-7-16/h6,8-11,19H,2-5,7,12-15H2,1H3.